The van der Waals surface area contributed by atoms with Gasteiger partial charge in [-0.05, 0) is 74.4 Å². The molecule has 32 heavy (non-hydrogen) atoms. The van der Waals surface area contributed by atoms with Gasteiger partial charge in [-0.1, -0.05) is 31.7 Å². The molecule has 1 aromatic heterocycles. The van der Waals surface area contributed by atoms with Crippen molar-refractivity contribution in [3.8, 4) is 5.75 Å². The second-order valence-corrected chi connectivity index (χ2v) is 8.90. The molecule has 1 fully saturated rings. The number of nitrogens with zero attached hydrogens (tertiary/aromatic N) is 3. The summed E-state index contributed by atoms with van der Waals surface area (Å²) in [5.74, 6) is 2.75. The predicted octanol–water partition coefficient (Wildman–Crippen LogP) is 5.11. The largest absolute Gasteiger partial charge is 0.508 e. The van der Waals surface area contributed by atoms with Crippen LogP contribution in [0.15, 0.2) is 42.5 Å². The number of hydrogen-bond acceptors (Lipinski definition) is 6. The van der Waals surface area contributed by atoms with E-state index in [-0.39, 0.29) is 7.43 Å². The van der Waals surface area contributed by atoms with Gasteiger partial charge in [-0.25, -0.2) is 4.98 Å². The first-order valence-corrected chi connectivity index (χ1v) is 11.2. The first-order valence-electron chi connectivity index (χ1n) is 11.2. The monoisotopic (exact) mass is 435 g/mol. The maximum atomic E-state index is 9.66. The highest BCUT2D eigenvalue weighted by atomic mass is 16.3. The Kier molecular flexibility index (Phi) is 7.91. The van der Waals surface area contributed by atoms with Gasteiger partial charge in [0, 0.05) is 32.1 Å². The Morgan fingerprint density at radius 2 is 1.78 bits per heavy atom. The molecule has 0 unspecified atom stereocenters. The number of phenols is 1. The Morgan fingerprint density at radius 1 is 1.03 bits per heavy atom. The van der Waals surface area contributed by atoms with Crippen LogP contribution in [-0.4, -0.2) is 41.8 Å². The first kappa shape index (κ1) is 23.8. The van der Waals surface area contributed by atoms with E-state index in [0.717, 1.165) is 54.2 Å². The van der Waals surface area contributed by atoms with Crippen LogP contribution >= 0.6 is 0 Å². The fourth-order valence-electron chi connectivity index (χ4n) is 4.41. The summed E-state index contributed by atoms with van der Waals surface area (Å²) in [5.41, 5.74) is 3.13. The maximum Gasteiger partial charge on any atom is 0.225 e. The van der Waals surface area contributed by atoms with Gasteiger partial charge in [-0.2, -0.15) is 4.98 Å². The van der Waals surface area contributed by atoms with E-state index in [0.29, 0.717) is 17.7 Å². The lowest BCUT2D eigenvalue weighted by molar-refractivity contribution is 0.324. The van der Waals surface area contributed by atoms with Crippen LogP contribution in [0.5, 0.6) is 5.75 Å². The molecule has 0 radical (unpaired) electrons. The number of nitrogens with one attached hydrogen (secondary N) is 2. The van der Waals surface area contributed by atoms with Crippen LogP contribution < -0.4 is 15.5 Å². The van der Waals surface area contributed by atoms with Crippen molar-refractivity contribution in [3.05, 3.63) is 53.6 Å². The first-order chi connectivity index (χ1) is 15.0. The number of aromatic hydroxyl groups is 1. The normalized spacial score (nSPS) is 18.2. The van der Waals surface area contributed by atoms with E-state index >= 15 is 0 Å². The summed E-state index contributed by atoms with van der Waals surface area (Å²) in [6, 6.07) is 14.4. The predicted molar refractivity (Wildman–Crippen MR) is 135 cm³/mol. The van der Waals surface area contributed by atoms with Crippen LogP contribution in [0, 0.1) is 12.8 Å². The van der Waals surface area contributed by atoms with Crippen molar-refractivity contribution in [2.75, 3.05) is 30.9 Å². The van der Waals surface area contributed by atoms with E-state index < -0.39 is 0 Å². The highest BCUT2D eigenvalue weighted by molar-refractivity contribution is 5.90. The molecule has 0 atom stereocenters. The number of benzene rings is 2. The Labute approximate surface area is 192 Å². The van der Waals surface area contributed by atoms with Crippen LogP contribution in [0.2, 0.25) is 0 Å². The van der Waals surface area contributed by atoms with Crippen LogP contribution in [-0.2, 0) is 6.54 Å². The van der Waals surface area contributed by atoms with Gasteiger partial charge in [0.1, 0.15) is 11.6 Å². The van der Waals surface area contributed by atoms with E-state index in [9.17, 15) is 5.11 Å². The molecule has 2 aromatic carbocycles. The number of fused-ring (bicyclic) bond motifs is 1. The number of rotatable bonds is 7. The third-order valence-electron chi connectivity index (χ3n) is 6.21. The topological polar surface area (TPSA) is 73.3 Å². The van der Waals surface area contributed by atoms with Gasteiger partial charge in [-0.15, -0.1) is 0 Å². The van der Waals surface area contributed by atoms with Crippen LogP contribution in [0.25, 0.3) is 10.9 Å². The Bertz CT molecular complexity index is 1030. The molecule has 4 rings (SSSR count). The van der Waals surface area contributed by atoms with Crippen LogP contribution in [0.1, 0.15) is 44.2 Å². The van der Waals surface area contributed by atoms with Gasteiger partial charge < -0.3 is 20.6 Å². The number of phenolic OH excluding ortho intramolecular Hbond substituents is 1. The lowest BCUT2D eigenvalue weighted by atomic mass is 9.86. The van der Waals surface area contributed by atoms with Crippen molar-refractivity contribution in [2.24, 2.45) is 5.92 Å². The van der Waals surface area contributed by atoms with E-state index in [4.69, 9.17) is 9.97 Å². The highest BCUT2D eigenvalue weighted by Gasteiger charge is 2.22. The summed E-state index contributed by atoms with van der Waals surface area (Å²) >= 11 is 0. The Balaban J connectivity index is 0.00000289. The molecular formula is C26H37N5O. The third kappa shape index (κ3) is 5.68. The molecule has 172 valence electrons. The second-order valence-electron chi connectivity index (χ2n) is 8.90. The smallest absolute Gasteiger partial charge is 0.225 e. The summed E-state index contributed by atoms with van der Waals surface area (Å²) in [6.07, 6.45) is 4.68. The fraction of sp³-hybridized carbons (Fsp3) is 0.462. The minimum atomic E-state index is 0. The van der Waals surface area contributed by atoms with Crippen molar-refractivity contribution < 1.29 is 5.11 Å². The molecular weight excluding hydrogens is 398 g/mol. The second kappa shape index (κ2) is 10.6. The van der Waals surface area contributed by atoms with Gasteiger partial charge in [0.2, 0.25) is 5.95 Å². The molecule has 1 saturated carbocycles. The van der Waals surface area contributed by atoms with Crippen molar-refractivity contribution in [2.45, 2.75) is 52.6 Å². The molecule has 0 bridgehead atoms. The van der Waals surface area contributed by atoms with E-state index in [1.807, 2.05) is 50.2 Å². The van der Waals surface area contributed by atoms with Gasteiger partial charge in [0.25, 0.3) is 0 Å². The molecule has 0 aliphatic heterocycles. The number of anilines is 2. The SMILES string of the molecule is C.Cc1cc(CNCC2CCC(Nc3nc(N(C)C)c4ccccc4n3)CC2)ccc1O. The molecule has 0 amide bonds. The highest BCUT2D eigenvalue weighted by Crippen LogP contribution is 2.28. The lowest BCUT2D eigenvalue weighted by Crippen LogP contribution is -2.31. The molecule has 0 spiro atoms. The zero-order chi connectivity index (χ0) is 21.8. The van der Waals surface area contributed by atoms with Crippen LogP contribution in [0.4, 0.5) is 11.8 Å². The van der Waals surface area contributed by atoms with Crippen molar-refractivity contribution >= 4 is 22.7 Å². The molecule has 0 saturated heterocycles. The van der Waals surface area contributed by atoms with E-state index in [1.165, 1.54) is 18.4 Å². The number of aryl methyl sites for hydroxylation is 1. The Morgan fingerprint density at radius 3 is 2.50 bits per heavy atom. The molecule has 1 aliphatic rings. The average molecular weight is 436 g/mol. The van der Waals surface area contributed by atoms with Gasteiger partial charge in [0.15, 0.2) is 0 Å². The van der Waals surface area contributed by atoms with Crippen molar-refractivity contribution in [1.82, 2.24) is 15.3 Å². The van der Waals surface area contributed by atoms with Gasteiger partial charge in [0.05, 0.1) is 5.52 Å². The molecule has 3 N–H and O–H groups in total. The lowest BCUT2D eigenvalue weighted by Gasteiger charge is -2.29. The molecule has 1 aliphatic carbocycles. The van der Waals surface area contributed by atoms with E-state index in [2.05, 4.69) is 22.8 Å². The summed E-state index contributed by atoms with van der Waals surface area (Å²) in [4.78, 5) is 11.6. The molecule has 3 aromatic rings. The quantitative estimate of drug-likeness (QED) is 0.479. The van der Waals surface area contributed by atoms with E-state index in [1.54, 1.807) is 6.07 Å². The van der Waals surface area contributed by atoms with Gasteiger partial charge in [-0.3, -0.25) is 0 Å². The van der Waals surface area contributed by atoms with Crippen molar-refractivity contribution in [3.63, 3.8) is 0 Å². The standard InChI is InChI=1S/C25H33N5O.CH4/c1-17-14-19(10-13-23(17)31)16-26-15-18-8-11-20(12-9-18)27-25-28-22-7-5-4-6-21(22)24(29-25)30(2)3;/h4-7,10,13-14,18,20,26,31H,8-9,11-12,15-16H2,1-3H3,(H,27,28,29);1H4. The van der Waals surface area contributed by atoms with Gasteiger partial charge >= 0.3 is 0 Å². The van der Waals surface area contributed by atoms with Crippen molar-refractivity contribution in [1.29, 1.82) is 0 Å². The molecule has 6 heteroatoms. The summed E-state index contributed by atoms with van der Waals surface area (Å²) in [7, 11) is 4.05. The Hall–Kier alpha value is -2.86. The minimum Gasteiger partial charge on any atom is -0.508 e. The molecule has 1 heterocycles. The summed E-state index contributed by atoms with van der Waals surface area (Å²) in [5, 5.41) is 17.9. The van der Waals surface area contributed by atoms with Crippen LogP contribution in [0.3, 0.4) is 0 Å². The zero-order valence-electron chi connectivity index (χ0n) is 18.7. The zero-order valence-corrected chi connectivity index (χ0v) is 18.7. The molecule has 6 nitrogen and oxygen atoms in total. The summed E-state index contributed by atoms with van der Waals surface area (Å²) < 4.78 is 0. The number of hydrogen-bond donors (Lipinski definition) is 3. The summed E-state index contributed by atoms with van der Waals surface area (Å²) in [6.45, 7) is 3.81. The fourth-order valence-corrected chi connectivity index (χ4v) is 4.41. The number of aromatic nitrogens is 2. The number of para-hydroxylation sites is 1. The average Bonchev–Trinajstić information content (AvgIpc) is 2.77. The minimum absolute atomic E-state index is 0. The maximum absolute atomic E-state index is 9.66. The third-order valence-corrected chi connectivity index (χ3v) is 6.21.